The Morgan fingerprint density at radius 2 is 1.06 bits per heavy atom. The van der Waals surface area contributed by atoms with E-state index in [1.807, 2.05) is 11.3 Å². The summed E-state index contributed by atoms with van der Waals surface area (Å²) in [6.45, 7) is 0. The molecule has 0 unspecified atom stereocenters. The minimum atomic E-state index is 1.12. The van der Waals surface area contributed by atoms with Gasteiger partial charge in [-0.05, 0) is 99.4 Å². The van der Waals surface area contributed by atoms with Gasteiger partial charge in [-0.25, -0.2) is 0 Å². The third kappa shape index (κ3) is 4.78. The molecule has 3 heteroatoms. The van der Waals surface area contributed by atoms with E-state index in [9.17, 15) is 0 Å². The topological polar surface area (TPSA) is 8.17 Å². The van der Waals surface area contributed by atoms with Crippen LogP contribution in [0.1, 0.15) is 0 Å². The fraction of sp³-hybridized carbons (Fsp3) is 0. The Morgan fingerprint density at radius 3 is 1.89 bits per heavy atom. The number of hydrogen-bond donors (Lipinski definition) is 0. The molecule has 248 valence electrons. The fourth-order valence-corrected chi connectivity index (χ4v) is 9.54. The van der Waals surface area contributed by atoms with Crippen molar-refractivity contribution in [2.75, 3.05) is 4.90 Å². The van der Waals surface area contributed by atoms with Gasteiger partial charge in [-0.3, -0.25) is 0 Å². The fourth-order valence-electron chi connectivity index (χ4n) is 8.31. The minimum absolute atomic E-state index is 1.12. The largest absolute Gasteiger partial charge is 0.309 e. The lowest BCUT2D eigenvalue weighted by Gasteiger charge is -2.27. The van der Waals surface area contributed by atoms with Gasteiger partial charge in [0.05, 0.1) is 21.4 Å². The summed E-state index contributed by atoms with van der Waals surface area (Å²) in [4.78, 5) is 2.49. The van der Waals surface area contributed by atoms with E-state index in [-0.39, 0.29) is 0 Å². The molecule has 11 aromatic rings. The predicted molar refractivity (Wildman–Crippen MR) is 229 cm³/mol. The van der Waals surface area contributed by atoms with Crippen LogP contribution in [0.5, 0.6) is 0 Å². The number of nitrogens with zero attached hydrogens (tertiary/aromatic N) is 2. The summed E-state index contributed by atoms with van der Waals surface area (Å²) in [7, 11) is 0. The van der Waals surface area contributed by atoms with Gasteiger partial charge in [0.1, 0.15) is 0 Å². The molecule has 0 saturated heterocycles. The number of benzene rings is 9. The molecule has 11 rings (SSSR count). The summed E-state index contributed by atoms with van der Waals surface area (Å²) in [5, 5.41) is 10.0. The molecule has 0 fully saturated rings. The first-order valence-corrected chi connectivity index (χ1v) is 18.9. The molecule has 0 aliphatic rings. The molecule has 2 heterocycles. The van der Waals surface area contributed by atoms with Gasteiger partial charge in [-0.15, -0.1) is 11.3 Å². The maximum absolute atomic E-state index is 2.49. The number of fused-ring (bicyclic) bond motifs is 8. The van der Waals surface area contributed by atoms with Crippen molar-refractivity contribution in [2.24, 2.45) is 0 Å². The van der Waals surface area contributed by atoms with Crippen LogP contribution < -0.4 is 4.90 Å². The Balaban J connectivity index is 1.22. The van der Waals surface area contributed by atoms with Crippen LogP contribution in [0.25, 0.3) is 80.3 Å². The van der Waals surface area contributed by atoms with Crippen molar-refractivity contribution in [1.29, 1.82) is 0 Å². The Morgan fingerprint density at radius 1 is 0.396 bits per heavy atom. The van der Waals surface area contributed by atoms with Crippen LogP contribution in [0, 0.1) is 0 Å². The lowest BCUT2D eigenvalue weighted by Crippen LogP contribution is -2.10. The molecule has 0 aliphatic heterocycles. The first kappa shape index (κ1) is 30.0. The molecular weight excluding hydrogens is 661 g/mol. The molecule has 0 saturated carbocycles. The first-order valence-electron chi connectivity index (χ1n) is 18.1. The third-order valence-electron chi connectivity index (χ3n) is 10.7. The zero-order valence-corrected chi connectivity index (χ0v) is 29.6. The van der Waals surface area contributed by atoms with E-state index in [4.69, 9.17) is 0 Å². The lowest BCUT2D eigenvalue weighted by molar-refractivity contribution is 1.18. The SMILES string of the molecule is c1ccc(-c2cc(N(c3ccc4c(c3)c3ccccc3n4-c3ccccc3)c3cccc4c3sc3cc5ccccc5cc34)cc3ccccc23)cc1. The highest BCUT2D eigenvalue weighted by Crippen LogP contribution is 2.48. The summed E-state index contributed by atoms with van der Waals surface area (Å²) in [6, 6.07) is 71.0. The molecule has 2 aromatic heterocycles. The highest BCUT2D eigenvalue weighted by molar-refractivity contribution is 7.26. The van der Waals surface area contributed by atoms with E-state index in [1.165, 1.54) is 80.3 Å². The van der Waals surface area contributed by atoms with Gasteiger partial charge >= 0.3 is 0 Å². The predicted octanol–water partition coefficient (Wildman–Crippen LogP) is 14.6. The van der Waals surface area contributed by atoms with Gasteiger partial charge in [0.25, 0.3) is 0 Å². The summed E-state index contributed by atoms with van der Waals surface area (Å²) in [5.41, 5.74) is 9.41. The summed E-state index contributed by atoms with van der Waals surface area (Å²) >= 11 is 1.89. The van der Waals surface area contributed by atoms with Crippen LogP contribution in [0.2, 0.25) is 0 Å². The molecule has 0 spiro atoms. The van der Waals surface area contributed by atoms with Gasteiger partial charge in [0.15, 0.2) is 0 Å². The Kier molecular flexibility index (Phi) is 6.76. The van der Waals surface area contributed by atoms with Gasteiger partial charge in [-0.1, -0.05) is 127 Å². The molecular formula is C50H32N2S. The highest BCUT2D eigenvalue weighted by atomic mass is 32.1. The molecule has 9 aromatic carbocycles. The lowest BCUT2D eigenvalue weighted by atomic mass is 9.96. The normalized spacial score (nSPS) is 11.8. The molecule has 53 heavy (non-hydrogen) atoms. The quantitative estimate of drug-likeness (QED) is 0.174. The Bertz CT molecular complexity index is 3170. The van der Waals surface area contributed by atoms with E-state index in [2.05, 4.69) is 204 Å². The number of thiophene rings is 1. The Hall–Kier alpha value is -6.68. The molecule has 0 aliphatic carbocycles. The average Bonchev–Trinajstić information content (AvgIpc) is 3.76. The number of rotatable bonds is 5. The number of aromatic nitrogens is 1. The van der Waals surface area contributed by atoms with Crippen LogP contribution in [0.15, 0.2) is 194 Å². The second-order valence-corrected chi connectivity index (χ2v) is 14.8. The van der Waals surface area contributed by atoms with Gasteiger partial charge < -0.3 is 9.47 Å². The molecule has 0 bridgehead atoms. The molecule has 2 nitrogen and oxygen atoms in total. The maximum atomic E-state index is 2.49. The number of anilines is 3. The standard InChI is InChI=1S/C50H32N2S/c1-3-14-33(15-4-1)43-32-39(28-36-18-9-10-21-40(36)43)51(48-25-13-23-42-45-29-34-16-7-8-17-35(34)30-49(45)53-50(42)48)38-26-27-47-44(31-38)41-22-11-12-24-46(41)52(47)37-19-5-2-6-20-37/h1-32H. The molecule has 0 atom stereocenters. The van der Waals surface area contributed by atoms with Crippen LogP contribution >= 0.6 is 11.3 Å². The monoisotopic (exact) mass is 692 g/mol. The number of para-hydroxylation sites is 2. The van der Waals surface area contributed by atoms with Crippen molar-refractivity contribution in [2.45, 2.75) is 0 Å². The van der Waals surface area contributed by atoms with Crippen molar-refractivity contribution >= 4 is 91.9 Å². The summed E-state index contributed by atoms with van der Waals surface area (Å²) in [6.07, 6.45) is 0. The van der Waals surface area contributed by atoms with E-state index in [0.29, 0.717) is 0 Å². The first-order chi connectivity index (χ1) is 26.3. The van der Waals surface area contributed by atoms with Crippen LogP contribution in [-0.2, 0) is 0 Å². The summed E-state index contributed by atoms with van der Waals surface area (Å²) in [5.74, 6) is 0. The van der Waals surface area contributed by atoms with E-state index in [1.54, 1.807) is 0 Å². The van der Waals surface area contributed by atoms with Gasteiger partial charge in [0, 0.05) is 43.3 Å². The third-order valence-corrected chi connectivity index (χ3v) is 11.9. The Labute approximate surface area is 311 Å². The molecule has 0 radical (unpaired) electrons. The van der Waals surface area contributed by atoms with Crippen molar-refractivity contribution in [3.63, 3.8) is 0 Å². The highest BCUT2D eigenvalue weighted by Gasteiger charge is 2.22. The smallest absolute Gasteiger partial charge is 0.0640 e. The minimum Gasteiger partial charge on any atom is -0.309 e. The van der Waals surface area contributed by atoms with Crippen molar-refractivity contribution < 1.29 is 0 Å². The van der Waals surface area contributed by atoms with Gasteiger partial charge in [-0.2, -0.15) is 0 Å². The second-order valence-electron chi connectivity index (χ2n) is 13.8. The van der Waals surface area contributed by atoms with Crippen LogP contribution in [0.3, 0.4) is 0 Å². The molecule has 0 amide bonds. The van der Waals surface area contributed by atoms with E-state index < -0.39 is 0 Å². The second kappa shape index (κ2) is 11.9. The van der Waals surface area contributed by atoms with E-state index in [0.717, 1.165) is 17.1 Å². The van der Waals surface area contributed by atoms with Crippen molar-refractivity contribution in [3.05, 3.63) is 194 Å². The van der Waals surface area contributed by atoms with E-state index >= 15 is 0 Å². The van der Waals surface area contributed by atoms with Crippen molar-refractivity contribution in [3.8, 4) is 16.8 Å². The zero-order valence-electron chi connectivity index (χ0n) is 28.8. The van der Waals surface area contributed by atoms with Crippen LogP contribution in [0.4, 0.5) is 17.1 Å². The summed E-state index contributed by atoms with van der Waals surface area (Å²) < 4.78 is 4.97. The van der Waals surface area contributed by atoms with Gasteiger partial charge in [0.2, 0.25) is 0 Å². The zero-order chi connectivity index (χ0) is 34.9. The van der Waals surface area contributed by atoms with Crippen LogP contribution in [-0.4, -0.2) is 4.57 Å². The maximum Gasteiger partial charge on any atom is 0.0640 e. The molecule has 0 N–H and O–H groups in total. The number of hydrogen-bond acceptors (Lipinski definition) is 2. The van der Waals surface area contributed by atoms with Crippen molar-refractivity contribution in [1.82, 2.24) is 4.57 Å². The average molecular weight is 693 g/mol.